The van der Waals surface area contributed by atoms with Crippen LogP contribution in [0.4, 0.5) is 0 Å². The van der Waals surface area contributed by atoms with Gasteiger partial charge >= 0.3 is 0 Å². The second-order valence-electron chi connectivity index (χ2n) is 5.75. The van der Waals surface area contributed by atoms with Crippen LogP contribution in [0.1, 0.15) is 52.4 Å². The van der Waals surface area contributed by atoms with Gasteiger partial charge in [-0.25, -0.2) is 10.8 Å². The van der Waals surface area contributed by atoms with E-state index in [-0.39, 0.29) is 6.10 Å². The number of nitrogens with two attached hydrogens (primary N) is 1. The highest BCUT2D eigenvalue weighted by atomic mass is 16.5. The molecule has 0 spiro atoms. The highest BCUT2D eigenvalue weighted by Gasteiger charge is 2.28. The summed E-state index contributed by atoms with van der Waals surface area (Å²) in [6, 6.07) is 0.824. The summed E-state index contributed by atoms with van der Waals surface area (Å²) in [5.74, 6) is 6.58. The van der Waals surface area contributed by atoms with Crippen molar-refractivity contribution in [2.75, 3.05) is 13.2 Å². The molecule has 1 saturated carbocycles. The topological polar surface area (TPSA) is 62.9 Å². The van der Waals surface area contributed by atoms with Crippen LogP contribution in [0.2, 0.25) is 0 Å². The number of ether oxygens (including phenoxy) is 1. The lowest BCUT2D eigenvalue weighted by atomic mass is 9.96. The molecule has 0 aromatic heterocycles. The largest absolute Gasteiger partial charge is 0.375 e. The van der Waals surface area contributed by atoms with Crippen molar-refractivity contribution in [3.63, 3.8) is 0 Å². The summed E-state index contributed by atoms with van der Waals surface area (Å²) in [6.07, 6.45) is 7.63. The maximum atomic E-state index is 5.73. The van der Waals surface area contributed by atoms with Crippen molar-refractivity contribution in [1.82, 2.24) is 10.3 Å². The molecule has 1 saturated heterocycles. The van der Waals surface area contributed by atoms with Crippen molar-refractivity contribution in [2.45, 2.75) is 70.6 Å². The Balaban J connectivity index is 2.06. The zero-order valence-electron chi connectivity index (χ0n) is 12.3. The number of hydrogen-bond acceptors (Lipinski definition) is 3. The lowest BCUT2D eigenvalue weighted by molar-refractivity contribution is -0.0298. The van der Waals surface area contributed by atoms with Crippen molar-refractivity contribution in [1.29, 1.82) is 0 Å². The van der Waals surface area contributed by atoms with Gasteiger partial charge in [0.15, 0.2) is 0 Å². The van der Waals surface area contributed by atoms with Crippen molar-refractivity contribution in [3.8, 4) is 0 Å². The molecule has 19 heavy (non-hydrogen) atoms. The second kappa shape index (κ2) is 7.10. The Labute approximate surface area is 116 Å². The van der Waals surface area contributed by atoms with Crippen molar-refractivity contribution in [3.05, 3.63) is 0 Å². The van der Waals surface area contributed by atoms with Crippen molar-refractivity contribution < 1.29 is 4.74 Å². The summed E-state index contributed by atoms with van der Waals surface area (Å²) in [5.41, 5.74) is 2.82. The van der Waals surface area contributed by atoms with Gasteiger partial charge in [-0.15, -0.1) is 0 Å². The van der Waals surface area contributed by atoms with E-state index in [0.29, 0.717) is 12.1 Å². The molecule has 0 radical (unpaired) electrons. The molecule has 2 unspecified atom stereocenters. The van der Waals surface area contributed by atoms with Gasteiger partial charge in [-0.05, 0) is 26.2 Å². The molecule has 1 aliphatic carbocycles. The van der Waals surface area contributed by atoms with Crippen molar-refractivity contribution >= 4 is 5.96 Å². The maximum Gasteiger partial charge on any atom is 0.209 e. The van der Waals surface area contributed by atoms with Crippen LogP contribution in [0.5, 0.6) is 0 Å². The third-order valence-corrected chi connectivity index (χ3v) is 4.22. The van der Waals surface area contributed by atoms with E-state index in [4.69, 9.17) is 15.6 Å². The highest BCUT2D eigenvalue weighted by molar-refractivity contribution is 5.80. The Morgan fingerprint density at radius 2 is 2.11 bits per heavy atom. The van der Waals surface area contributed by atoms with Crippen LogP contribution in [-0.4, -0.2) is 42.2 Å². The number of rotatable bonds is 2. The molecule has 5 heteroatoms. The number of hydrazine groups is 1. The normalized spacial score (nSPS) is 30.5. The average molecular weight is 268 g/mol. The molecule has 5 nitrogen and oxygen atoms in total. The summed E-state index contributed by atoms with van der Waals surface area (Å²) in [4.78, 5) is 7.16. The maximum absolute atomic E-state index is 5.73. The molecule has 1 heterocycles. The number of nitrogens with zero attached hydrogens (tertiary/aromatic N) is 2. The van der Waals surface area contributed by atoms with Crippen LogP contribution in [0.25, 0.3) is 0 Å². The van der Waals surface area contributed by atoms with Gasteiger partial charge in [0.05, 0.1) is 24.8 Å². The summed E-state index contributed by atoms with van der Waals surface area (Å²) >= 11 is 0. The Bertz CT molecular complexity index is 302. The molecule has 0 aromatic rings. The first-order chi connectivity index (χ1) is 9.24. The van der Waals surface area contributed by atoms with E-state index in [2.05, 4.69) is 24.2 Å². The quantitative estimate of drug-likeness (QED) is 0.346. The molecule has 1 aliphatic heterocycles. The van der Waals surface area contributed by atoms with E-state index in [9.17, 15) is 0 Å². The van der Waals surface area contributed by atoms with Gasteiger partial charge in [-0.2, -0.15) is 0 Å². The van der Waals surface area contributed by atoms with Gasteiger partial charge in [0.1, 0.15) is 0 Å². The highest BCUT2D eigenvalue weighted by Crippen LogP contribution is 2.21. The van der Waals surface area contributed by atoms with E-state index >= 15 is 0 Å². The molecular weight excluding hydrogens is 240 g/mol. The number of hydrogen-bond donors (Lipinski definition) is 2. The standard InChI is InChI=1S/C14H28N4O/c1-3-13-10-19-11(2)9-18(13)14(17-15)16-12-7-5-4-6-8-12/h11-13H,3-10,15H2,1-2H3,(H,16,17). The number of nitrogens with one attached hydrogen (secondary N) is 1. The molecule has 2 atom stereocenters. The van der Waals surface area contributed by atoms with Gasteiger partial charge in [0, 0.05) is 6.54 Å². The molecule has 3 N–H and O–H groups in total. The first-order valence-electron chi connectivity index (χ1n) is 7.67. The summed E-state index contributed by atoms with van der Waals surface area (Å²) in [7, 11) is 0. The Kier molecular flexibility index (Phi) is 5.45. The van der Waals surface area contributed by atoms with Crippen LogP contribution in [0, 0.1) is 0 Å². The molecule has 0 amide bonds. The summed E-state index contributed by atoms with van der Waals surface area (Å²) < 4.78 is 5.73. The van der Waals surface area contributed by atoms with Gasteiger partial charge in [-0.1, -0.05) is 26.2 Å². The van der Waals surface area contributed by atoms with Crippen LogP contribution in [0.15, 0.2) is 4.99 Å². The minimum atomic E-state index is 0.243. The Hall–Kier alpha value is -0.810. The number of morpholine rings is 1. The van der Waals surface area contributed by atoms with Crippen LogP contribution in [-0.2, 0) is 4.74 Å². The zero-order valence-corrected chi connectivity index (χ0v) is 12.3. The fourth-order valence-corrected chi connectivity index (χ4v) is 3.02. The third-order valence-electron chi connectivity index (χ3n) is 4.22. The molecule has 0 aromatic carbocycles. The van der Waals surface area contributed by atoms with E-state index in [1.165, 1.54) is 32.1 Å². The van der Waals surface area contributed by atoms with E-state index in [0.717, 1.165) is 25.5 Å². The molecule has 2 aliphatic rings. The van der Waals surface area contributed by atoms with E-state index < -0.39 is 0 Å². The SMILES string of the molecule is CCC1COC(C)CN1C(=NC1CCCCC1)NN. The number of guanidine groups is 1. The molecule has 0 bridgehead atoms. The molecule has 2 fully saturated rings. The van der Waals surface area contributed by atoms with Crippen LogP contribution < -0.4 is 11.3 Å². The van der Waals surface area contributed by atoms with E-state index in [1.807, 2.05) is 0 Å². The average Bonchev–Trinajstić information content (AvgIpc) is 2.46. The lowest BCUT2D eigenvalue weighted by Crippen LogP contribution is -2.57. The van der Waals surface area contributed by atoms with Gasteiger partial charge in [-0.3, -0.25) is 5.43 Å². The Morgan fingerprint density at radius 1 is 1.37 bits per heavy atom. The van der Waals surface area contributed by atoms with Gasteiger partial charge < -0.3 is 9.64 Å². The molecule has 2 rings (SSSR count). The minimum absolute atomic E-state index is 0.243. The fraction of sp³-hybridized carbons (Fsp3) is 0.929. The monoisotopic (exact) mass is 268 g/mol. The third kappa shape index (κ3) is 3.83. The minimum Gasteiger partial charge on any atom is -0.375 e. The van der Waals surface area contributed by atoms with E-state index in [1.54, 1.807) is 0 Å². The molecule has 110 valence electrons. The van der Waals surface area contributed by atoms with Crippen molar-refractivity contribution in [2.24, 2.45) is 10.8 Å². The first kappa shape index (κ1) is 14.6. The number of aliphatic imine (C=N–C) groups is 1. The van der Waals surface area contributed by atoms with Gasteiger partial charge in [0.25, 0.3) is 0 Å². The van der Waals surface area contributed by atoms with Crippen LogP contribution >= 0.6 is 0 Å². The zero-order chi connectivity index (χ0) is 13.7. The first-order valence-corrected chi connectivity index (χ1v) is 7.67. The van der Waals surface area contributed by atoms with Gasteiger partial charge in [0.2, 0.25) is 5.96 Å². The fourth-order valence-electron chi connectivity index (χ4n) is 3.02. The smallest absolute Gasteiger partial charge is 0.209 e. The summed E-state index contributed by atoms with van der Waals surface area (Å²) in [6.45, 7) is 5.93. The lowest BCUT2D eigenvalue weighted by Gasteiger charge is -2.40. The Morgan fingerprint density at radius 3 is 2.74 bits per heavy atom. The summed E-state index contributed by atoms with van der Waals surface area (Å²) in [5, 5.41) is 0. The predicted molar refractivity (Wildman–Crippen MR) is 77.8 cm³/mol. The predicted octanol–water partition coefficient (Wildman–Crippen LogP) is 1.64. The van der Waals surface area contributed by atoms with Crippen LogP contribution in [0.3, 0.4) is 0 Å². The molecular formula is C14H28N4O. The second-order valence-corrected chi connectivity index (χ2v) is 5.75.